The van der Waals surface area contributed by atoms with Crippen molar-refractivity contribution in [3.8, 4) is 11.5 Å². The molecule has 1 aliphatic rings. The van der Waals surface area contributed by atoms with Gasteiger partial charge in [-0.1, -0.05) is 24.3 Å². The van der Waals surface area contributed by atoms with Gasteiger partial charge in [0.2, 0.25) is 10.0 Å². The zero-order valence-corrected chi connectivity index (χ0v) is 13.6. The van der Waals surface area contributed by atoms with E-state index in [1.54, 1.807) is 24.3 Å². The molecular formula is C16H14F3NO4S. The summed E-state index contributed by atoms with van der Waals surface area (Å²) in [6, 6.07) is 10.9. The standard InChI is InChI=1S/C16H14F3NO4S/c17-16(18,19)12-5-1-4-8-15(12)25(21,22)20-9-11-10-23-13-6-2-3-7-14(13)24-11/h1-8,11,20H,9-10H2. The van der Waals surface area contributed by atoms with Crippen molar-refractivity contribution >= 4 is 10.0 Å². The van der Waals surface area contributed by atoms with Crippen LogP contribution in [0.5, 0.6) is 11.5 Å². The average molecular weight is 373 g/mol. The summed E-state index contributed by atoms with van der Waals surface area (Å²) in [5.41, 5.74) is -1.21. The molecule has 0 amide bonds. The third kappa shape index (κ3) is 3.88. The Bertz CT molecular complexity index is 868. The van der Waals surface area contributed by atoms with Crippen LogP contribution in [0.4, 0.5) is 13.2 Å². The summed E-state index contributed by atoms with van der Waals surface area (Å²) in [6.07, 6.45) is -5.42. The first kappa shape index (κ1) is 17.6. The molecule has 3 rings (SSSR count). The van der Waals surface area contributed by atoms with Gasteiger partial charge in [-0.2, -0.15) is 13.2 Å². The molecule has 0 saturated carbocycles. The molecule has 1 aliphatic heterocycles. The van der Waals surface area contributed by atoms with Crippen LogP contribution in [-0.4, -0.2) is 27.7 Å². The second-order valence-electron chi connectivity index (χ2n) is 5.34. The molecule has 0 aromatic heterocycles. The number of hydrogen-bond donors (Lipinski definition) is 1. The molecule has 9 heteroatoms. The highest BCUT2D eigenvalue weighted by Crippen LogP contribution is 2.34. The molecule has 0 aliphatic carbocycles. The van der Waals surface area contributed by atoms with Crippen molar-refractivity contribution in [1.29, 1.82) is 0 Å². The monoisotopic (exact) mass is 373 g/mol. The van der Waals surface area contributed by atoms with Crippen LogP contribution in [0.15, 0.2) is 53.4 Å². The van der Waals surface area contributed by atoms with Crippen LogP contribution in [-0.2, 0) is 16.2 Å². The van der Waals surface area contributed by atoms with Crippen molar-refractivity contribution in [2.75, 3.05) is 13.2 Å². The Morgan fingerprint density at radius 1 is 1.04 bits per heavy atom. The van der Waals surface area contributed by atoms with Crippen LogP contribution in [0.3, 0.4) is 0 Å². The number of halogens is 3. The Balaban J connectivity index is 1.74. The summed E-state index contributed by atoms with van der Waals surface area (Å²) in [7, 11) is -4.36. The largest absolute Gasteiger partial charge is 0.486 e. The molecule has 0 spiro atoms. The lowest BCUT2D eigenvalue weighted by atomic mass is 10.2. The van der Waals surface area contributed by atoms with E-state index in [1.807, 2.05) is 0 Å². The maximum Gasteiger partial charge on any atom is 0.417 e. The Hall–Kier alpha value is -2.26. The average Bonchev–Trinajstić information content (AvgIpc) is 2.59. The summed E-state index contributed by atoms with van der Waals surface area (Å²) in [4.78, 5) is -0.820. The lowest BCUT2D eigenvalue weighted by Gasteiger charge is -2.26. The van der Waals surface area contributed by atoms with Gasteiger partial charge in [0.15, 0.2) is 11.5 Å². The van der Waals surface area contributed by atoms with E-state index in [2.05, 4.69) is 4.72 Å². The molecule has 1 unspecified atom stereocenters. The zero-order valence-electron chi connectivity index (χ0n) is 12.8. The minimum Gasteiger partial charge on any atom is -0.486 e. The van der Waals surface area contributed by atoms with Gasteiger partial charge in [-0.3, -0.25) is 0 Å². The second kappa shape index (κ2) is 6.57. The topological polar surface area (TPSA) is 64.6 Å². The first-order valence-corrected chi connectivity index (χ1v) is 8.80. The van der Waals surface area contributed by atoms with Crippen LogP contribution in [0.25, 0.3) is 0 Å². The van der Waals surface area contributed by atoms with Crippen molar-refractivity contribution in [3.05, 3.63) is 54.1 Å². The van der Waals surface area contributed by atoms with Crippen molar-refractivity contribution in [1.82, 2.24) is 4.72 Å². The van der Waals surface area contributed by atoms with Crippen LogP contribution in [0.1, 0.15) is 5.56 Å². The normalized spacial score (nSPS) is 17.3. The van der Waals surface area contributed by atoms with Gasteiger partial charge in [0, 0.05) is 0 Å². The van der Waals surface area contributed by atoms with E-state index < -0.39 is 32.8 Å². The molecule has 1 heterocycles. The first-order chi connectivity index (χ1) is 11.8. The molecule has 0 bridgehead atoms. The molecule has 134 valence electrons. The molecule has 0 radical (unpaired) electrons. The highest BCUT2D eigenvalue weighted by atomic mass is 32.2. The Morgan fingerprint density at radius 2 is 1.68 bits per heavy atom. The number of fused-ring (bicyclic) bond motifs is 1. The molecule has 2 aromatic carbocycles. The number of nitrogens with one attached hydrogen (secondary N) is 1. The van der Waals surface area contributed by atoms with Gasteiger partial charge < -0.3 is 9.47 Å². The molecule has 0 fully saturated rings. The Kier molecular flexibility index (Phi) is 4.61. The van der Waals surface area contributed by atoms with Gasteiger partial charge >= 0.3 is 6.18 Å². The number of benzene rings is 2. The molecule has 2 aromatic rings. The highest BCUT2D eigenvalue weighted by Gasteiger charge is 2.37. The van der Waals surface area contributed by atoms with E-state index >= 15 is 0 Å². The van der Waals surface area contributed by atoms with Crippen molar-refractivity contribution < 1.29 is 31.1 Å². The maximum atomic E-state index is 13.0. The predicted octanol–water partition coefficient (Wildman–Crippen LogP) is 2.82. The quantitative estimate of drug-likeness (QED) is 0.895. The Labute approximate surface area is 142 Å². The summed E-state index contributed by atoms with van der Waals surface area (Å²) in [5, 5.41) is 0. The molecule has 0 saturated heterocycles. The van der Waals surface area contributed by atoms with E-state index in [0.717, 1.165) is 18.2 Å². The van der Waals surface area contributed by atoms with Gasteiger partial charge in [0.1, 0.15) is 12.7 Å². The molecule has 5 nitrogen and oxygen atoms in total. The van der Waals surface area contributed by atoms with Gasteiger partial charge in [-0.05, 0) is 24.3 Å². The first-order valence-electron chi connectivity index (χ1n) is 7.32. The summed E-state index contributed by atoms with van der Waals surface area (Å²) < 4.78 is 76.8. The lowest BCUT2D eigenvalue weighted by Crippen LogP contribution is -2.41. The smallest absolute Gasteiger partial charge is 0.417 e. The van der Waals surface area contributed by atoms with Crippen molar-refractivity contribution in [3.63, 3.8) is 0 Å². The second-order valence-corrected chi connectivity index (χ2v) is 7.08. The minimum absolute atomic E-state index is 0.0838. The molecule has 1 N–H and O–H groups in total. The van der Waals surface area contributed by atoms with Gasteiger partial charge in [0.25, 0.3) is 0 Å². The van der Waals surface area contributed by atoms with Crippen LogP contribution in [0.2, 0.25) is 0 Å². The van der Waals surface area contributed by atoms with E-state index in [1.165, 1.54) is 6.07 Å². The molecule has 1 atom stereocenters. The maximum absolute atomic E-state index is 13.0. The van der Waals surface area contributed by atoms with E-state index in [-0.39, 0.29) is 13.2 Å². The number of rotatable bonds is 4. The minimum atomic E-state index is -4.77. The van der Waals surface area contributed by atoms with E-state index in [4.69, 9.17) is 9.47 Å². The third-order valence-corrected chi connectivity index (χ3v) is 5.03. The molecular weight excluding hydrogens is 359 g/mol. The number of alkyl halides is 3. The van der Waals surface area contributed by atoms with Crippen molar-refractivity contribution in [2.45, 2.75) is 17.2 Å². The predicted molar refractivity (Wildman–Crippen MR) is 83.0 cm³/mol. The third-order valence-electron chi connectivity index (χ3n) is 3.55. The Morgan fingerprint density at radius 3 is 2.40 bits per heavy atom. The SMILES string of the molecule is O=S(=O)(NCC1COc2ccccc2O1)c1ccccc1C(F)(F)F. The summed E-state index contributed by atoms with van der Waals surface area (Å²) in [5.74, 6) is 0.984. The molecule has 25 heavy (non-hydrogen) atoms. The number of ether oxygens (including phenoxy) is 2. The highest BCUT2D eigenvalue weighted by molar-refractivity contribution is 7.89. The van der Waals surface area contributed by atoms with E-state index in [0.29, 0.717) is 11.5 Å². The van der Waals surface area contributed by atoms with Crippen LogP contribution in [0, 0.1) is 0 Å². The fourth-order valence-electron chi connectivity index (χ4n) is 2.38. The van der Waals surface area contributed by atoms with Crippen molar-refractivity contribution in [2.24, 2.45) is 0 Å². The van der Waals surface area contributed by atoms with Crippen LogP contribution >= 0.6 is 0 Å². The zero-order chi connectivity index (χ0) is 18.1. The van der Waals surface area contributed by atoms with Gasteiger partial charge in [0.05, 0.1) is 17.0 Å². The van der Waals surface area contributed by atoms with E-state index in [9.17, 15) is 21.6 Å². The number of para-hydroxylation sites is 2. The fourth-order valence-corrected chi connectivity index (χ4v) is 3.67. The van der Waals surface area contributed by atoms with Crippen LogP contribution < -0.4 is 14.2 Å². The summed E-state index contributed by atoms with van der Waals surface area (Å²) in [6.45, 7) is -0.136. The number of sulfonamides is 1. The summed E-state index contributed by atoms with van der Waals surface area (Å²) >= 11 is 0. The lowest BCUT2D eigenvalue weighted by molar-refractivity contribution is -0.139. The number of hydrogen-bond acceptors (Lipinski definition) is 4. The van der Waals surface area contributed by atoms with Gasteiger partial charge in [-0.25, -0.2) is 13.1 Å². The van der Waals surface area contributed by atoms with Gasteiger partial charge in [-0.15, -0.1) is 0 Å². The fraction of sp³-hybridized carbons (Fsp3) is 0.250.